The molecule has 1 fully saturated rings. The van der Waals surface area contributed by atoms with Crippen molar-refractivity contribution >= 4 is 45.4 Å². The van der Waals surface area contributed by atoms with Crippen LogP contribution >= 0.6 is 15.9 Å². The van der Waals surface area contributed by atoms with E-state index in [1.54, 1.807) is 24.3 Å². The highest BCUT2D eigenvalue weighted by Crippen LogP contribution is 2.14. The van der Waals surface area contributed by atoms with Crippen LogP contribution in [0.4, 0.5) is 10.5 Å². The summed E-state index contributed by atoms with van der Waals surface area (Å²) in [6.07, 6.45) is -1.06. The largest absolute Gasteiger partial charge is 0.451 e. The number of halogens is 1. The summed E-state index contributed by atoms with van der Waals surface area (Å²) in [5.41, 5.74) is 0.553. The molecule has 4 amide bonds. The third-order valence-corrected chi connectivity index (χ3v) is 3.84. The number of likely N-dealkylation sites (N-methyl/N-ethyl adjacent to an activating group) is 1. The summed E-state index contributed by atoms with van der Waals surface area (Å²) in [6.45, 7) is 0.815. The number of hydrogen-bond donors (Lipinski definition) is 1. The summed E-state index contributed by atoms with van der Waals surface area (Å²) in [5.74, 6) is -1.82. The smallest absolute Gasteiger partial charge is 0.327 e. The van der Waals surface area contributed by atoms with Crippen molar-refractivity contribution in [2.75, 3.05) is 25.5 Å². The van der Waals surface area contributed by atoms with Crippen LogP contribution in [-0.4, -0.2) is 59.9 Å². The monoisotopic (exact) mass is 397 g/mol. The van der Waals surface area contributed by atoms with E-state index in [0.29, 0.717) is 5.69 Å². The molecular weight excluding hydrogens is 382 g/mol. The van der Waals surface area contributed by atoms with Crippen LogP contribution in [0.1, 0.15) is 6.92 Å². The van der Waals surface area contributed by atoms with Crippen molar-refractivity contribution in [1.82, 2.24) is 9.80 Å². The lowest BCUT2D eigenvalue weighted by atomic mass is 10.3. The van der Waals surface area contributed by atoms with Gasteiger partial charge in [-0.1, -0.05) is 15.9 Å². The molecule has 0 radical (unpaired) electrons. The molecule has 0 bridgehead atoms. The first-order valence-electron chi connectivity index (χ1n) is 7.09. The zero-order valence-electron chi connectivity index (χ0n) is 13.1. The molecule has 1 saturated heterocycles. The molecule has 1 aromatic rings. The number of hydrogen-bond acceptors (Lipinski definition) is 5. The molecule has 2 rings (SSSR count). The number of imide groups is 1. The molecule has 1 N–H and O–H groups in total. The van der Waals surface area contributed by atoms with Crippen LogP contribution in [0.3, 0.4) is 0 Å². The molecule has 0 aromatic heterocycles. The molecule has 128 valence electrons. The molecule has 1 atom stereocenters. The lowest BCUT2D eigenvalue weighted by Crippen LogP contribution is -2.39. The summed E-state index contributed by atoms with van der Waals surface area (Å²) in [6, 6.07) is 6.33. The Bertz CT molecular complexity index is 676. The Kier molecular flexibility index (Phi) is 5.55. The van der Waals surface area contributed by atoms with E-state index in [1.807, 2.05) is 0 Å². The van der Waals surface area contributed by atoms with Crippen LogP contribution < -0.4 is 5.32 Å². The van der Waals surface area contributed by atoms with Crippen molar-refractivity contribution in [3.63, 3.8) is 0 Å². The van der Waals surface area contributed by atoms with Crippen molar-refractivity contribution in [2.45, 2.75) is 13.0 Å². The Labute approximate surface area is 146 Å². The van der Waals surface area contributed by atoms with Gasteiger partial charge in [0, 0.05) is 17.2 Å². The second-order valence-electron chi connectivity index (χ2n) is 5.25. The van der Waals surface area contributed by atoms with E-state index >= 15 is 0 Å². The molecule has 24 heavy (non-hydrogen) atoms. The number of carbonyl (C=O) groups is 4. The zero-order chi connectivity index (χ0) is 17.9. The first-order chi connectivity index (χ1) is 11.3. The van der Waals surface area contributed by atoms with Crippen LogP contribution in [0.15, 0.2) is 28.7 Å². The van der Waals surface area contributed by atoms with Crippen LogP contribution in [0, 0.1) is 0 Å². The number of esters is 1. The first-order valence-corrected chi connectivity index (χ1v) is 7.88. The fraction of sp³-hybridized carbons (Fsp3) is 0.333. The van der Waals surface area contributed by atoms with Crippen molar-refractivity contribution in [1.29, 1.82) is 0 Å². The van der Waals surface area contributed by atoms with Gasteiger partial charge in [0.25, 0.3) is 11.8 Å². The van der Waals surface area contributed by atoms with Crippen LogP contribution in [0.2, 0.25) is 0 Å². The van der Waals surface area contributed by atoms with E-state index in [2.05, 4.69) is 21.2 Å². The molecule has 1 heterocycles. The van der Waals surface area contributed by atoms with Crippen molar-refractivity contribution in [3.05, 3.63) is 28.7 Å². The van der Waals surface area contributed by atoms with Crippen LogP contribution in [0.5, 0.6) is 0 Å². The van der Waals surface area contributed by atoms with Gasteiger partial charge in [-0.25, -0.2) is 4.79 Å². The minimum atomic E-state index is -1.06. The molecule has 8 nitrogen and oxygen atoms in total. The number of nitrogens with one attached hydrogen (secondary N) is 1. The first kappa shape index (κ1) is 17.9. The summed E-state index contributed by atoms with van der Waals surface area (Å²) < 4.78 is 5.84. The van der Waals surface area contributed by atoms with Gasteiger partial charge in [0.15, 0.2) is 6.10 Å². The average molecular weight is 398 g/mol. The molecule has 1 aromatic carbocycles. The zero-order valence-corrected chi connectivity index (χ0v) is 14.7. The number of anilines is 1. The Balaban J connectivity index is 1.86. The number of benzene rings is 1. The second-order valence-corrected chi connectivity index (χ2v) is 6.16. The predicted octanol–water partition coefficient (Wildman–Crippen LogP) is 1.21. The van der Waals surface area contributed by atoms with E-state index in [4.69, 9.17) is 4.74 Å². The maximum atomic E-state index is 12.0. The van der Waals surface area contributed by atoms with Crippen LogP contribution in [-0.2, 0) is 19.1 Å². The van der Waals surface area contributed by atoms with Gasteiger partial charge >= 0.3 is 12.0 Å². The standard InChI is InChI=1S/C15H16BrN3O5/c1-9(14(22)17-11-5-3-10(16)4-6-11)24-13(21)8-19-12(20)7-18(2)15(19)23/h3-6,9H,7-8H2,1-2H3,(H,17,22)/t9-/m0/s1. The molecular formula is C15H16BrN3O5. The molecule has 0 saturated carbocycles. The van der Waals surface area contributed by atoms with Crippen molar-refractivity contribution < 1.29 is 23.9 Å². The molecule has 1 aliphatic rings. The van der Waals surface area contributed by atoms with Gasteiger partial charge in [-0.05, 0) is 31.2 Å². The van der Waals surface area contributed by atoms with Gasteiger partial charge in [-0.2, -0.15) is 0 Å². The highest BCUT2D eigenvalue weighted by Gasteiger charge is 2.35. The Morgan fingerprint density at radius 3 is 2.46 bits per heavy atom. The number of carbonyl (C=O) groups excluding carboxylic acids is 4. The Morgan fingerprint density at radius 1 is 1.29 bits per heavy atom. The number of ether oxygens (including phenoxy) is 1. The molecule has 0 unspecified atom stereocenters. The van der Waals surface area contributed by atoms with Crippen LogP contribution in [0.25, 0.3) is 0 Å². The van der Waals surface area contributed by atoms with E-state index in [0.717, 1.165) is 9.37 Å². The molecule has 9 heteroatoms. The van der Waals surface area contributed by atoms with E-state index in [1.165, 1.54) is 18.9 Å². The lowest BCUT2D eigenvalue weighted by molar-refractivity contribution is -0.154. The fourth-order valence-corrected chi connectivity index (χ4v) is 2.28. The minimum absolute atomic E-state index is 0.0777. The summed E-state index contributed by atoms with van der Waals surface area (Å²) in [5, 5.41) is 2.60. The lowest BCUT2D eigenvalue weighted by Gasteiger charge is -2.16. The highest BCUT2D eigenvalue weighted by molar-refractivity contribution is 9.10. The van der Waals surface area contributed by atoms with Gasteiger partial charge in [-0.3, -0.25) is 19.3 Å². The van der Waals surface area contributed by atoms with E-state index in [-0.39, 0.29) is 6.54 Å². The van der Waals surface area contributed by atoms with Gasteiger partial charge in [0.2, 0.25) is 0 Å². The van der Waals surface area contributed by atoms with Crippen molar-refractivity contribution in [2.24, 2.45) is 0 Å². The Morgan fingerprint density at radius 2 is 1.92 bits per heavy atom. The minimum Gasteiger partial charge on any atom is -0.451 e. The molecule has 0 spiro atoms. The number of amides is 4. The quantitative estimate of drug-likeness (QED) is 0.594. The summed E-state index contributed by atoms with van der Waals surface area (Å²) in [7, 11) is 1.46. The third-order valence-electron chi connectivity index (χ3n) is 3.31. The SMILES string of the molecule is C[C@H](OC(=O)CN1C(=O)CN(C)C1=O)C(=O)Nc1ccc(Br)cc1. The van der Waals surface area contributed by atoms with E-state index in [9.17, 15) is 19.2 Å². The number of nitrogens with zero attached hydrogens (tertiary/aromatic N) is 2. The topological polar surface area (TPSA) is 96.0 Å². The number of rotatable bonds is 5. The summed E-state index contributed by atoms with van der Waals surface area (Å²) >= 11 is 3.28. The summed E-state index contributed by atoms with van der Waals surface area (Å²) in [4.78, 5) is 49.1. The van der Waals surface area contributed by atoms with E-state index < -0.39 is 36.5 Å². The van der Waals surface area contributed by atoms with Gasteiger partial charge < -0.3 is 15.0 Å². The fourth-order valence-electron chi connectivity index (χ4n) is 2.02. The van der Waals surface area contributed by atoms with Gasteiger partial charge in [-0.15, -0.1) is 0 Å². The maximum absolute atomic E-state index is 12.0. The van der Waals surface area contributed by atoms with Gasteiger partial charge in [0.1, 0.15) is 13.1 Å². The average Bonchev–Trinajstić information content (AvgIpc) is 2.76. The van der Waals surface area contributed by atoms with Gasteiger partial charge in [0.05, 0.1) is 0 Å². The Hall–Kier alpha value is -2.42. The number of urea groups is 1. The maximum Gasteiger partial charge on any atom is 0.327 e. The highest BCUT2D eigenvalue weighted by atomic mass is 79.9. The second kappa shape index (κ2) is 7.43. The third kappa shape index (κ3) is 4.31. The molecule has 0 aliphatic carbocycles. The molecule has 1 aliphatic heterocycles. The normalized spacial score (nSPS) is 15.5. The predicted molar refractivity (Wildman–Crippen MR) is 88.1 cm³/mol. The van der Waals surface area contributed by atoms with Crippen molar-refractivity contribution in [3.8, 4) is 0 Å².